The molecule has 0 saturated carbocycles. The van der Waals surface area contributed by atoms with E-state index in [-0.39, 0.29) is 25.1 Å². The maximum Gasteiger partial charge on any atom is 0.322 e. The normalized spacial score (nSPS) is 18.1. The van der Waals surface area contributed by atoms with Crippen molar-refractivity contribution in [2.45, 2.75) is 25.3 Å². The Bertz CT molecular complexity index is 489. The van der Waals surface area contributed by atoms with E-state index >= 15 is 0 Å². The van der Waals surface area contributed by atoms with Crippen LogP contribution in [0.1, 0.15) is 18.5 Å². The number of urea groups is 1. The van der Waals surface area contributed by atoms with Crippen molar-refractivity contribution in [3.63, 3.8) is 0 Å². The predicted octanol–water partition coefficient (Wildman–Crippen LogP) is 0.697. The fraction of sp³-hybridized carbons (Fsp3) is 0.462. The van der Waals surface area contributed by atoms with E-state index < -0.39 is 5.97 Å². The summed E-state index contributed by atoms with van der Waals surface area (Å²) in [7, 11) is 0. The van der Waals surface area contributed by atoms with Crippen LogP contribution in [-0.2, 0) is 11.2 Å². The maximum absolute atomic E-state index is 12.0. The Morgan fingerprint density at radius 3 is 2.85 bits per heavy atom. The van der Waals surface area contributed by atoms with Crippen molar-refractivity contribution in [3.8, 4) is 0 Å². The Morgan fingerprint density at radius 1 is 1.45 bits per heavy atom. The fourth-order valence-corrected chi connectivity index (χ4v) is 2.25. The molecule has 1 aromatic rings. The largest absolute Gasteiger partial charge is 0.481 e. The zero-order valence-electron chi connectivity index (χ0n) is 11.0. The molecule has 7 nitrogen and oxygen atoms in total. The van der Waals surface area contributed by atoms with Crippen molar-refractivity contribution in [3.05, 3.63) is 24.0 Å². The average molecular weight is 279 g/mol. The molecule has 1 fully saturated rings. The van der Waals surface area contributed by atoms with Gasteiger partial charge in [-0.05, 0) is 25.0 Å². The van der Waals surface area contributed by atoms with Crippen molar-refractivity contribution >= 4 is 17.7 Å². The van der Waals surface area contributed by atoms with E-state index in [4.69, 9.17) is 5.11 Å². The summed E-state index contributed by atoms with van der Waals surface area (Å²) in [6, 6.07) is 2.79. The van der Waals surface area contributed by atoms with Gasteiger partial charge in [-0.25, -0.2) is 4.79 Å². The number of amides is 2. The number of aromatic nitrogens is 1. The lowest BCUT2D eigenvalue weighted by Gasteiger charge is -2.23. The van der Waals surface area contributed by atoms with Crippen molar-refractivity contribution in [2.24, 2.45) is 0 Å². The van der Waals surface area contributed by atoms with Gasteiger partial charge in [0.1, 0.15) is 0 Å². The van der Waals surface area contributed by atoms with Crippen LogP contribution >= 0.6 is 0 Å². The number of nitrogens with zero attached hydrogens (tertiary/aromatic N) is 2. The summed E-state index contributed by atoms with van der Waals surface area (Å²) in [5.74, 6) is -0.947. The zero-order chi connectivity index (χ0) is 14.5. The molecule has 3 N–H and O–H groups in total. The maximum atomic E-state index is 12.0. The summed E-state index contributed by atoms with van der Waals surface area (Å²) < 4.78 is 0. The Morgan fingerprint density at radius 2 is 2.25 bits per heavy atom. The first-order chi connectivity index (χ1) is 9.60. The van der Waals surface area contributed by atoms with Gasteiger partial charge in [-0.15, -0.1) is 0 Å². The van der Waals surface area contributed by atoms with Gasteiger partial charge in [-0.1, -0.05) is 0 Å². The van der Waals surface area contributed by atoms with Crippen molar-refractivity contribution in [1.82, 2.24) is 9.88 Å². The first-order valence-corrected chi connectivity index (χ1v) is 6.45. The molecule has 2 amide bonds. The molecule has 0 radical (unpaired) electrons. The van der Waals surface area contributed by atoms with Crippen LogP contribution in [0.2, 0.25) is 0 Å². The molecule has 0 aromatic carbocycles. The van der Waals surface area contributed by atoms with E-state index in [0.29, 0.717) is 17.9 Å². The Labute approximate surface area is 116 Å². The van der Waals surface area contributed by atoms with E-state index in [9.17, 15) is 14.7 Å². The quantitative estimate of drug-likeness (QED) is 0.752. The molecule has 0 aliphatic carbocycles. The number of hydrogen-bond donors (Lipinski definition) is 3. The van der Waals surface area contributed by atoms with Crippen LogP contribution in [0.15, 0.2) is 18.3 Å². The third-order valence-electron chi connectivity index (χ3n) is 3.26. The number of carbonyl (C=O) groups is 2. The van der Waals surface area contributed by atoms with Gasteiger partial charge in [-0.3, -0.25) is 9.78 Å². The third kappa shape index (κ3) is 3.45. The molecule has 20 heavy (non-hydrogen) atoms. The minimum absolute atomic E-state index is 0.0385. The molecule has 108 valence electrons. The van der Waals surface area contributed by atoms with E-state index in [0.717, 1.165) is 12.8 Å². The lowest BCUT2D eigenvalue weighted by molar-refractivity contribution is -0.136. The van der Waals surface area contributed by atoms with E-state index in [1.54, 1.807) is 17.0 Å². The number of nitrogens with one attached hydrogen (secondary N) is 1. The van der Waals surface area contributed by atoms with Crippen LogP contribution in [0.25, 0.3) is 0 Å². The minimum Gasteiger partial charge on any atom is -0.481 e. The second kappa shape index (κ2) is 6.33. The van der Waals surface area contributed by atoms with Gasteiger partial charge in [0, 0.05) is 6.54 Å². The van der Waals surface area contributed by atoms with Gasteiger partial charge in [0.15, 0.2) is 0 Å². The number of aliphatic hydroxyl groups excluding tert-OH is 1. The van der Waals surface area contributed by atoms with Gasteiger partial charge >= 0.3 is 12.0 Å². The summed E-state index contributed by atoms with van der Waals surface area (Å²) >= 11 is 0. The SMILES string of the molecule is O=C(O)Cc1ccc(NC(=O)N2CCCC2CO)cn1. The second-order valence-electron chi connectivity index (χ2n) is 4.71. The highest BCUT2D eigenvalue weighted by Crippen LogP contribution is 2.18. The van der Waals surface area contributed by atoms with Gasteiger partial charge in [0.05, 0.1) is 36.6 Å². The van der Waals surface area contributed by atoms with Gasteiger partial charge < -0.3 is 20.4 Å². The molecule has 2 heterocycles. The Balaban J connectivity index is 1.95. The number of hydrogen-bond acceptors (Lipinski definition) is 4. The van der Waals surface area contributed by atoms with Crippen LogP contribution in [-0.4, -0.2) is 51.3 Å². The van der Waals surface area contributed by atoms with Crippen molar-refractivity contribution in [2.75, 3.05) is 18.5 Å². The van der Waals surface area contributed by atoms with Crippen molar-refractivity contribution in [1.29, 1.82) is 0 Å². The fourth-order valence-electron chi connectivity index (χ4n) is 2.25. The molecular formula is C13H17N3O4. The molecule has 0 bridgehead atoms. The predicted molar refractivity (Wildman–Crippen MR) is 71.4 cm³/mol. The number of pyridine rings is 1. The van der Waals surface area contributed by atoms with Crippen LogP contribution in [0.5, 0.6) is 0 Å². The summed E-state index contributed by atoms with van der Waals surface area (Å²) in [4.78, 5) is 28.1. The molecule has 1 aromatic heterocycles. The molecule has 2 rings (SSSR count). The summed E-state index contributed by atoms with van der Waals surface area (Å²) in [6.45, 7) is 0.588. The van der Waals surface area contributed by atoms with Crippen LogP contribution < -0.4 is 5.32 Å². The number of anilines is 1. The van der Waals surface area contributed by atoms with Gasteiger partial charge in [0.2, 0.25) is 0 Å². The molecule has 0 spiro atoms. The third-order valence-corrected chi connectivity index (χ3v) is 3.26. The Kier molecular flexibility index (Phi) is 4.52. The highest BCUT2D eigenvalue weighted by Gasteiger charge is 2.27. The van der Waals surface area contributed by atoms with E-state index in [1.807, 2.05) is 0 Å². The smallest absolute Gasteiger partial charge is 0.322 e. The number of likely N-dealkylation sites (tertiary alicyclic amines) is 1. The number of aliphatic hydroxyl groups is 1. The lowest BCUT2D eigenvalue weighted by Crippen LogP contribution is -2.40. The van der Waals surface area contributed by atoms with Gasteiger partial charge in [0.25, 0.3) is 0 Å². The van der Waals surface area contributed by atoms with Crippen LogP contribution in [0, 0.1) is 0 Å². The second-order valence-corrected chi connectivity index (χ2v) is 4.71. The molecule has 7 heteroatoms. The van der Waals surface area contributed by atoms with Crippen LogP contribution in [0.3, 0.4) is 0 Å². The standard InChI is InChI=1S/C13H17N3O4/c17-8-11-2-1-5-16(11)13(20)15-10-4-3-9(14-7-10)6-12(18)19/h3-4,7,11,17H,1-2,5-6,8H2,(H,15,20)(H,18,19). The molecule has 1 unspecified atom stereocenters. The van der Waals surface area contributed by atoms with E-state index in [2.05, 4.69) is 10.3 Å². The number of carboxylic acids is 1. The minimum atomic E-state index is -0.947. The first-order valence-electron chi connectivity index (χ1n) is 6.45. The van der Waals surface area contributed by atoms with Crippen molar-refractivity contribution < 1.29 is 19.8 Å². The monoisotopic (exact) mass is 279 g/mol. The number of carboxylic acid groups (broad SMARTS) is 1. The molecule has 1 aliphatic heterocycles. The molecule has 1 saturated heterocycles. The lowest BCUT2D eigenvalue weighted by atomic mass is 10.2. The zero-order valence-corrected chi connectivity index (χ0v) is 11.0. The number of carbonyl (C=O) groups excluding carboxylic acids is 1. The van der Waals surface area contributed by atoms with Crippen LogP contribution in [0.4, 0.5) is 10.5 Å². The molecule has 1 atom stereocenters. The highest BCUT2D eigenvalue weighted by atomic mass is 16.4. The van der Waals surface area contributed by atoms with E-state index in [1.165, 1.54) is 6.20 Å². The topological polar surface area (TPSA) is 103 Å². The average Bonchev–Trinajstić information content (AvgIpc) is 2.89. The molecule has 1 aliphatic rings. The summed E-state index contributed by atoms with van der Waals surface area (Å²) in [6.07, 6.45) is 2.97. The van der Waals surface area contributed by atoms with Gasteiger partial charge in [-0.2, -0.15) is 0 Å². The molecular weight excluding hydrogens is 262 g/mol. The highest BCUT2D eigenvalue weighted by molar-refractivity contribution is 5.89. The summed E-state index contributed by atoms with van der Waals surface area (Å²) in [5, 5.41) is 20.5. The number of aliphatic carboxylic acids is 1. The summed E-state index contributed by atoms with van der Waals surface area (Å²) in [5.41, 5.74) is 0.942. The Hall–Kier alpha value is -2.15. The number of rotatable bonds is 4. The first kappa shape index (κ1) is 14.3.